The van der Waals surface area contributed by atoms with Gasteiger partial charge in [0, 0.05) is 37.5 Å². The van der Waals surface area contributed by atoms with Gasteiger partial charge < -0.3 is 10.1 Å². The van der Waals surface area contributed by atoms with Crippen LogP contribution in [0.5, 0.6) is 0 Å². The molecule has 0 aliphatic heterocycles. The molecular formula is C15H19N3OS. The van der Waals surface area contributed by atoms with Gasteiger partial charge in [0.1, 0.15) is 5.82 Å². The Bertz CT molecular complexity index is 490. The molecule has 0 spiro atoms. The maximum Gasteiger partial charge on any atom is 0.138 e. The Kier molecular flexibility index (Phi) is 6.50. The van der Waals surface area contributed by atoms with E-state index >= 15 is 0 Å². The van der Waals surface area contributed by atoms with E-state index in [9.17, 15) is 0 Å². The van der Waals surface area contributed by atoms with Gasteiger partial charge in [0.2, 0.25) is 0 Å². The minimum absolute atomic E-state index is 0.741. The van der Waals surface area contributed by atoms with Gasteiger partial charge >= 0.3 is 0 Å². The number of aromatic nitrogens is 2. The Hall–Kier alpha value is -1.43. The quantitative estimate of drug-likeness (QED) is 0.597. The van der Waals surface area contributed by atoms with E-state index < -0.39 is 0 Å². The van der Waals surface area contributed by atoms with Gasteiger partial charge in [-0.15, -0.1) is 11.8 Å². The number of nitrogens with one attached hydrogen (secondary N) is 1. The van der Waals surface area contributed by atoms with Crippen LogP contribution in [0, 0.1) is 0 Å². The molecule has 0 unspecified atom stereocenters. The lowest BCUT2D eigenvalue weighted by Crippen LogP contribution is -2.18. The third-order valence-electron chi connectivity index (χ3n) is 2.72. The molecule has 0 fully saturated rings. The fourth-order valence-electron chi connectivity index (χ4n) is 1.66. The average molecular weight is 289 g/mol. The molecule has 0 saturated carbocycles. The number of hydrogen-bond donors (Lipinski definition) is 1. The topological polar surface area (TPSA) is 47.0 Å². The highest BCUT2D eigenvalue weighted by Crippen LogP contribution is 2.21. The number of nitrogens with zero attached hydrogens (tertiary/aromatic N) is 2. The Labute approximate surface area is 124 Å². The summed E-state index contributed by atoms with van der Waals surface area (Å²) >= 11 is 1.75. The number of ether oxygens (including phenoxy) is 1. The van der Waals surface area contributed by atoms with Crippen molar-refractivity contribution in [2.75, 3.05) is 20.3 Å². The van der Waals surface area contributed by atoms with Gasteiger partial charge in [-0.1, -0.05) is 12.1 Å². The summed E-state index contributed by atoms with van der Waals surface area (Å²) in [5, 5.41) is 3.33. The molecule has 0 radical (unpaired) electrons. The van der Waals surface area contributed by atoms with Gasteiger partial charge in [0.25, 0.3) is 0 Å². The molecule has 0 amide bonds. The predicted molar refractivity (Wildman–Crippen MR) is 81.6 cm³/mol. The van der Waals surface area contributed by atoms with Crippen molar-refractivity contribution in [2.45, 2.75) is 17.2 Å². The van der Waals surface area contributed by atoms with Crippen molar-refractivity contribution in [3.05, 3.63) is 54.1 Å². The lowest BCUT2D eigenvalue weighted by molar-refractivity contribution is 0.199. The second-order valence-electron chi connectivity index (χ2n) is 4.27. The molecule has 0 aliphatic rings. The molecule has 0 aliphatic carbocycles. The Morgan fingerprint density at radius 2 is 1.90 bits per heavy atom. The first-order valence-corrected chi connectivity index (χ1v) is 7.54. The fourth-order valence-corrected chi connectivity index (χ4v) is 2.44. The van der Waals surface area contributed by atoms with E-state index in [4.69, 9.17) is 4.74 Å². The van der Waals surface area contributed by atoms with Crippen molar-refractivity contribution in [3.8, 4) is 0 Å². The third-order valence-corrected chi connectivity index (χ3v) is 3.73. The lowest BCUT2D eigenvalue weighted by atomic mass is 10.2. The minimum Gasteiger partial charge on any atom is -0.383 e. The summed E-state index contributed by atoms with van der Waals surface area (Å²) in [5.74, 6) is 1.66. The van der Waals surface area contributed by atoms with Crippen LogP contribution in [0.25, 0.3) is 0 Å². The zero-order valence-corrected chi connectivity index (χ0v) is 12.4. The molecular weight excluding hydrogens is 270 g/mol. The van der Waals surface area contributed by atoms with Crippen LogP contribution < -0.4 is 5.32 Å². The molecule has 1 aromatic heterocycles. The summed E-state index contributed by atoms with van der Waals surface area (Å²) in [7, 11) is 1.71. The summed E-state index contributed by atoms with van der Waals surface area (Å²) in [6.07, 6.45) is 3.55. The highest BCUT2D eigenvalue weighted by Gasteiger charge is 1.99. The van der Waals surface area contributed by atoms with Gasteiger partial charge in [-0.25, -0.2) is 9.97 Å². The van der Waals surface area contributed by atoms with Crippen LogP contribution in [0.3, 0.4) is 0 Å². The van der Waals surface area contributed by atoms with Gasteiger partial charge in [-0.2, -0.15) is 0 Å². The zero-order chi connectivity index (χ0) is 14.0. The second kappa shape index (κ2) is 8.68. The van der Waals surface area contributed by atoms with Crippen LogP contribution in [0.2, 0.25) is 0 Å². The fraction of sp³-hybridized carbons (Fsp3) is 0.333. The molecule has 20 heavy (non-hydrogen) atoms. The standard InChI is InChI=1S/C15H19N3OS/c1-19-10-9-16-11-13-3-5-14(6-4-13)20-12-15-17-7-2-8-18-15/h2-8,16H,9-12H2,1H3. The van der Waals surface area contributed by atoms with E-state index in [2.05, 4.69) is 39.6 Å². The van der Waals surface area contributed by atoms with Crippen molar-refractivity contribution in [3.63, 3.8) is 0 Å². The SMILES string of the molecule is COCCNCc1ccc(SCc2ncccn2)cc1. The number of hydrogen-bond acceptors (Lipinski definition) is 5. The van der Waals surface area contributed by atoms with Gasteiger partial charge in [0.05, 0.1) is 12.4 Å². The van der Waals surface area contributed by atoms with Crippen LogP contribution in [0.15, 0.2) is 47.6 Å². The van der Waals surface area contributed by atoms with Gasteiger partial charge in [-0.05, 0) is 23.8 Å². The molecule has 0 saturated heterocycles. The molecule has 1 aromatic carbocycles. The monoisotopic (exact) mass is 289 g/mol. The van der Waals surface area contributed by atoms with Gasteiger partial charge in [-0.3, -0.25) is 0 Å². The number of methoxy groups -OCH3 is 1. The first-order chi connectivity index (χ1) is 9.88. The molecule has 106 valence electrons. The third kappa shape index (κ3) is 5.28. The number of rotatable bonds is 8. The van der Waals surface area contributed by atoms with E-state index in [1.54, 1.807) is 31.3 Å². The number of thioether (sulfide) groups is 1. The molecule has 1 N–H and O–H groups in total. The highest BCUT2D eigenvalue weighted by atomic mass is 32.2. The van der Waals surface area contributed by atoms with E-state index in [1.165, 1.54) is 10.5 Å². The van der Waals surface area contributed by atoms with E-state index in [0.717, 1.165) is 31.3 Å². The summed E-state index contributed by atoms with van der Waals surface area (Å²) < 4.78 is 5.00. The molecule has 4 nitrogen and oxygen atoms in total. The van der Waals surface area contributed by atoms with Crippen LogP contribution in [-0.2, 0) is 17.0 Å². The van der Waals surface area contributed by atoms with E-state index in [-0.39, 0.29) is 0 Å². The average Bonchev–Trinajstić information content (AvgIpc) is 2.52. The lowest BCUT2D eigenvalue weighted by Gasteiger charge is -2.05. The molecule has 2 aromatic rings. The van der Waals surface area contributed by atoms with Crippen LogP contribution in [0.1, 0.15) is 11.4 Å². The molecule has 5 heteroatoms. The van der Waals surface area contributed by atoms with Crippen molar-refractivity contribution in [2.24, 2.45) is 0 Å². The van der Waals surface area contributed by atoms with Crippen LogP contribution in [-0.4, -0.2) is 30.2 Å². The zero-order valence-electron chi connectivity index (χ0n) is 11.6. The highest BCUT2D eigenvalue weighted by molar-refractivity contribution is 7.98. The predicted octanol–water partition coefficient (Wildman–Crippen LogP) is 2.50. The summed E-state index contributed by atoms with van der Waals surface area (Å²) in [4.78, 5) is 9.67. The Morgan fingerprint density at radius 3 is 2.60 bits per heavy atom. The van der Waals surface area contributed by atoms with E-state index in [1.807, 2.05) is 6.07 Å². The first kappa shape index (κ1) is 15.0. The summed E-state index contributed by atoms with van der Waals surface area (Å²) in [6, 6.07) is 10.4. The Balaban J connectivity index is 1.76. The maximum atomic E-state index is 5.00. The molecule has 0 atom stereocenters. The summed E-state index contributed by atoms with van der Waals surface area (Å²) in [5.41, 5.74) is 1.28. The normalized spacial score (nSPS) is 10.7. The van der Waals surface area contributed by atoms with E-state index in [0.29, 0.717) is 0 Å². The van der Waals surface area contributed by atoms with Crippen molar-refractivity contribution >= 4 is 11.8 Å². The van der Waals surface area contributed by atoms with Crippen molar-refractivity contribution < 1.29 is 4.74 Å². The van der Waals surface area contributed by atoms with Gasteiger partial charge in [0.15, 0.2) is 0 Å². The Morgan fingerprint density at radius 1 is 1.15 bits per heavy atom. The second-order valence-corrected chi connectivity index (χ2v) is 5.32. The van der Waals surface area contributed by atoms with Crippen molar-refractivity contribution in [1.82, 2.24) is 15.3 Å². The van der Waals surface area contributed by atoms with Crippen LogP contribution >= 0.6 is 11.8 Å². The molecule has 2 rings (SSSR count). The summed E-state index contributed by atoms with van der Waals surface area (Å²) in [6.45, 7) is 2.49. The largest absolute Gasteiger partial charge is 0.383 e. The van der Waals surface area contributed by atoms with Crippen molar-refractivity contribution in [1.29, 1.82) is 0 Å². The number of benzene rings is 1. The molecule has 1 heterocycles. The maximum absolute atomic E-state index is 5.00. The smallest absolute Gasteiger partial charge is 0.138 e. The molecule has 0 bridgehead atoms. The van der Waals surface area contributed by atoms with Crippen LogP contribution in [0.4, 0.5) is 0 Å². The minimum atomic E-state index is 0.741. The first-order valence-electron chi connectivity index (χ1n) is 6.56.